The first-order chi connectivity index (χ1) is 10.8. The third kappa shape index (κ3) is 5.82. The van der Waals surface area contributed by atoms with Gasteiger partial charge in [0.05, 0.1) is 5.69 Å². The average molecular weight is 300 g/mol. The molecule has 0 bridgehead atoms. The smallest absolute Gasteiger partial charge is 0.148 e. The second-order valence-corrected chi connectivity index (χ2v) is 4.62. The number of anilines is 1. The summed E-state index contributed by atoms with van der Waals surface area (Å²) in [6, 6.07) is 14.1. The first-order valence-electron chi connectivity index (χ1n) is 8.19. The molecule has 4 heteroatoms. The number of rotatable bonds is 7. The van der Waals surface area contributed by atoms with Crippen molar-refractivity contribution in [2.45, 2.75) is 27.7 Å². The van der Waals surface area contributed by atoms with Crippen molar-refractivity contribution in [1.29, 1.82) is 0 Å². The van der Waals surface area contributed by atoms with Gasteiger partial charge in [-0.15, -0.1) is 10.2 Å². The summed E-state index contributed by atoms with van der Waals surface area (Å²) in [5, 5.41) is 11.8. The SMILES string of the molecule is CC.CCN(CC)CCNc1ccc(-c2ccccc2)nn1. The van der Waals surface area contributed by atoms with Gasteiger partial charge >= 0.3 is 0 Å². The highest BCUT2D eigenvalue weighted by Crippen LogP contribution is 2.15. The summed E-state index contributed by atoms with van der Waals surface area (Å²) in [7, 11) is 0. The molecular weight excluding hydrogens is 272 g/mol. The van der Waals surface area contributed by atoms with Crippen molar-refractivity contribution in [2.75, 3.05) is 31.5 Å². The Bertz CT molecular complexity index is 492. The van der Waals surface area contributed by atoms with E-state index in [1.165, 1.54) is 0 Å². The summed E-state index contributed by atoms with van der Waals surface area (Å²) in [5.74, 6) is 0.830. The summed E-state index contributed by atoms with van der Waals surface area (Å²) in [6.45, 7) is 12.4. The lowest BCUT2D eigenvalue weighted by Gasteiger charge is -2.18. The summed E-state index contributed by atoms with van der Waals surface area (Å²) in [4.78, 5) is 2.37. The van der Waals surface area contributed by atoms with Gasteiger partial charge in [0.25, 0.3) is 0 Å². The van der Waals surface area contributed by atoms with Crippen molar-refractivity contribution in [3.63, 3.8) is 0 Å². The van der Waals surface area contributed by atoms with E-state index in [1.807, 2.05) is 56.3 Å². The zero-order valence-corrected chi connectivity index (χ0v) is 14.2. The minimum atomic E-state index is 0.830. The summed E-state index contributed by atoms with van der Waals surface area (Å²) in [6.07, 6.45) is 0. The van der Waals surface area contributed by atoms with Gasteiger partial charge in [-0.2, -0.15) is 0 Å². The van der Waals surface area contributed by atoms with E-state index >= 15 is 0 Å². The molecule has 0 unspecified atom stereocenters. The third-order valence-electron chi connectivity index (χ3n) is 3.36. The maximum Gasteiger partial charge on any atom is 0.148 e. The van der Waals surface area contributed by atoms with Gasteiger partial charge in [0.1, 0.15) is 5.82 Å². The van der Waals surface area contributed by atoms with Crippen molar-refractivity contribution in [3.8, 4) is 11.3 Å². The molecule has 0 saturated heterocycles. The Hall–Kier alpha value is -1.94. The van der Waals surface area contributed by atoms with Crippen LogP contribution >= 0.6 is 0 Å². The highest BCUT2D eigenvalue weighted by Gasteiger charge is 2.01. The van der Waals surface area contributed by atoms with E-state index < -0.39 is 0 Å². The lowest BCUT2D eigenvalue weighted by Crippen LogP contribution is -2.28. The highest BCUT2D eigenvalue weighted by molar-refractivity contribution is 5.59. The molecule has 4 nitrogen and oxygen atoms in total. The largest absolute Gasteiger partial charge is 0.367 e. The van der Waals surface area contributed by atoms with Gasteiger partial charge in [-0.1, -0.05) is 58.0 Å². The fourth-order valence-electron chi connectivity index (χ4n) is 2.07. The lowest BCUT2D eigenvalue weighted by molar-refractivity contribution is 0.316. The first-order valence-corrected chi connectivity index (χ1v) is 8.19. The fraction of sp³-hybridized carbons (Fsp3) is 0.444. The molecule has 0 radical (unpaired) electrons. The number of likely N-dealkylation sites (N-methyl/N-ethyl adjacent to an activating group) is 1. The molecule has 1 heterocycles. The predicted molar refractivity (Wildman–Crippen MR) is 95.1 cm³/mol. The summed E-state index contributed by atoms with van der Waals surface area (Å²) < 4.78 is 0. The molecule has 0 aliphatic rings. The molecular formula is C18H28N4. The second kappa shape index (κ2) is 10.7. The van der Waals surface area contributed by atoms with E-state index in [2.05, 4.69) is 34.3 Å². The molecule has 120 valence electrons. The molecule has 2 rings (SSSR count). The van der Waals surface area contributed by atoms with Crippen molar-refractivity contribution < 1.29 is 0 Å². The fourth-order valence-corrected chi connectivity index (χ4v) is 2.07. The number of nitrogens with one attached hydrogen (secondary N) is 1. The quantitative estimate of drug-likeness (QED) is 0.841. The minimum absolute atomic E-state index is 0.830. The van der Waals surface area contributed by atoms with E-state index in [1.54, 1.807) is 0 Å². The van der Waals surface area contributed by atoms with Crippen LogP contribution in [0, 0.1) is 0 Å². The van der Waals surface area contributed by atoms with Crippen molar-refractivity contribution in [2.24, 2.45) is 0 Å². The summed E-state index contributed by atoms with van der Waals surface area (Å²) in [5.41, 5.74) is 1.99. The average Bonchev–Trinajstić information content (AvgIpc) is 2.62. The number of nitrogens with zero attached hydrogens (tertiary/aromatic N) is 3. The normalized spacial score (nSPS) is 10.0. The molecule has 1 N–H and O–H groups in total. The molecule has 1 aromatic carbocycles. The number of benzene rings is 1. The molecule has 0 amide bonds. The standard InChI is InChI=1S/C16H22N4.C2H6/c1-3-20(4-2)13-12-17-16-11-10-15(18-19-16)14-8-6-5-7-9-14;1-2/h5-11H,3-4,12-13H2,1-2H3,(H,17,19);1-2H3. The third-order valence-corrected chi connectivity index (χ3v) is 3.36. The molecule has 1 aromatic heterocycles. The zero-order chi connectivity index (χ0) is 16.2. The van der Waals surface area contributed by atoms with Crippen LogP contribution in [0.25, 0.3) is 11.3 Å². The first kappa shape index (κ1) is 18.1. The van der Waals surface area contributed by atoms with Crippen LogP contribution in [0.3, 0.4) is 0 Å². The van der Waals surface area contributed by atoms with Crippen LogP contribution in [0.2, 0.25) is 0 Å². The van der Waals surface area contributed by atoms with Crippen LogP contribution in [0.5, 0.6) is 0 Å². The number of hydrogen-bond acceptors (Lipinski definition) is 4. The highest BCUT2D eigenvalue weighted by atomic mass is 15.2. The van der Waals surface area contributed by atoms with Gasteiger partial charge in [-0.25, -0.2) is 0 Å². The Balaban J connectivity index is 0.00000116. The van der Waals surface area contributed by atoms with E-state index in [0.717, 1.165) is 43.3 Å². The van der Waals surface area contributed by atoms with Gasteiger partial charge in [-0.3, -0.25) is 0 Å². The molecule has 0 fully saturated rings. The Morgan fingerprint density at radius 1 is 0.909 bits per heavy atom. The van der Waals surface area contributed by atoms with Crippen LogP contribution in [-0.4, -0.2) is 41.3 Å². The Morgan fingerprint density at radius 2 is 1.59 bits per heavy atom. The molecule has 0 aliphatic heterocycles. The van der Waals surface area contributed by atoms with Crippen molar-refractivity contribution in [3.05, 3.63) is 42.5 Å². The van der Waals surface area contributed by atoms with Crippen molar-refractivity contribution >= 4 is 5.82 Å². The van der Waals surface area contributed by atoms with E-state index in [0.29, 0.717) is 0 Å². The van der Waals surface area contributed by atoms with Crippen LogP contribution in [0.1, 0.15) is 27.7 Å². The molecule has 0 saturated carbocycles. The molecule has 0 atom stereocenters. The van der Waals surface area contributed by atoms with Crippen LogP contribution < -0.4 is 5.32 Å². The van der Waals surface area contributed by atoms with Crippen LogP contribution in [0.4, 0.5) is 5.82 Å². The lowest BCUT2D eigenvalue weighted by atomic mass is 10.1. The maximum atomic E-state index is 4.26. The van der Waals surface area contributed by atoms with Crippen LogP contribution in [-0.2, 0) is 0 Å². The monoisotopic (exact) mass is 300 g/mol. The number of hydrogen-bond donors (Lipinski definition) is 1. The van der Waals surface area contributed by atoms with Gasteiger partial charge in [-0.05, 0) is 25.2 Å². The maximum absolute atomic E-state index is 4.26. The Labute approximate surface area is 134 Å². The molecule has 0 aliphatic carbocycles. The second-order valence-electron chi connectivity index (χ2n) is 4.62. The number of aromatic nitrogens is 2. The summed E-state index contributed by atoms with van der Waals surface area (Å²) >= 11 is 0. The molecule has 22 heavy (non-hydrogen) atoms. The van der Waals surface area contributed by atoms with E-state index in [9.17, 15) is 0 Å². The van der Waals surface area contributed by atoms with E-state index in [4.69, 9.17) is 0 Å². The molecule has 2 aromatic rings. The van der Waals surface area contributed by atoms with Gasteiger partial charge in [0.15, 0.2) is 0 Å². The van der Waals surface area contributed by atoms with E-state index in [-0.39, 0.29) is 0 Å². The van der Waals surface area contributed by atoms with Crippen LogP contribution in [0.15, 0.2) is 42.5 Å². The van der Waals surface area contributed by atoms with Gasteiger partial charge in [0.2, 0.25) is 0 Å². The van der Waals surface area contributed by atoms with Gasteiger partial charge in [0, 0.05) is 18.7 Å². The van der Waals surface area contributed by atoms with Gasteiger partial charge < -0.3 is 10.2 Å². The predicted octanol–water partition coefficient (Wildman–Crippen LogP) is 3.92. The topological polar surface area (TPSA) is 41.0 Å². The zero-order valence-electron chi connectivity index (χ0n) is 14.2. The Morgan fingerprint density at radius 3 is 2.14 bits per heavy atom. The van der Waals surface area contributed by atoms with Crippen molar-refractivity contribution in [1.82, 2.24) is 15.1 Å². The Kier molecular flexibility index (Phi) is 8.84. The minimum Gasteiger partial charge on any atom is -0.367 e. The molecule has 0 spiro atoms.